The van der Waals surface area contributed by atoms with E-state index in [-0.39, 0.29) is 5.56 Å². The molecular formula is C16H17NO4. The molecule has 0 atom stereocenters. The van der Waals surface area contributed by atoms with Crippen molar-refractivity contribution in [2.24, 2.45) is 0 Å². The SMILES string of the molecule is COCCc1ccc(Oc2ccc(C(=O)O)cc2N)cc1. The van der Waals surface area contributed by atoms with Gasteiger partial charge in [0, 0.05) is 7.11 Å². The molecule has 3 N–H and O–H groups in total. The highest BCUT2D eigenvalue weighted by atomic mass is 16.5. The fraction of sp³-hybridized carbons (Fsp3) is 0.188. The Kier molecular flexibility index (Phi) is 4.79. The van der Waals surface area contributed by atoms with Crippen LogP contribution in [0.2, 0.25) is 0 Å². The number of carboxylic acid groups (broad SMARTS) is 1. The van der Waals surface area contributed by atoms with Crippen LogP contribution in [0.25, 0.3) is 0 Å². The van der Waals surface area contributed by atoms with Crippen LogP contribution in [-0.2, 0) is 11.2 Å². The number of ether oxygens (including phenoxy) is 2. The lowest BCUT2D eigenvalue weighted by molar-refractivity contribution is 0.0697. The number of benzene rings is 2. The smallest absolute Gasteiger partial charge is 0.335 e. The molecule has 0 bridgehead atoms. The largest absolute Gasteiger partial charge is 0.478 e. The fourth-order valence-electron chi connectivity index (χ4n) is 1.85. The maximum Gasteiger partial charge on any atom is 0.335 e. The number of carbonyl (C=O) groups is 1. The van der Waals surface area contributed by atoms with Crippen molar-refractivity contribution in [2.45, 2.75) is 6.42 Å². The van der Waals surface area contributed by atoms with E-state index in [4.69, 9.17) is 20.3 Å². The number of rotatable bonds is 6. The Hall–Kier alpha value is -2.53. The molecule has 0 unspecified atom stereocenters. The van der Waals surface area contributed by atoms with Gasteiger partial charge in [-0.1, -0.05) is 12.1 Å². The van der Waals surface area contributed by atoms with Gasteiger partial charge in [-0.2, -0.15) is 0 Å². The zero-order valence-corrected chi connectivity index (χ0v) is 11.7. The summed E-state index contributed by atoms with van der Waals surface area (Å²) in [7, 11) is 1.67. The Morgan fingerprint density at radius 3 is 2.48 bits per heavy atom. The Morgan fingerprint density at radius 1 is 1.19 bits per heavy atom. The first kappa shape index (κ1) is 14.9. The van der Waals surface area contributed by atoms with E-state index in [1.807, 2.05) is 24.3 Å². The van der Waals surface area contributed by atoms with Crippen LogP contribution >= 0.6 is 0 Å². The molecule has 0 aliphatic rings. The van der Waals surface area contributed by atoms with E-state index in [1.165, 1.54) is 12.1 Å². The van der Waals surface area contributed by atoms with E-state index in [0.717, 1.165) is 12.0 Å². The minimum Gasteiger partial charge on any atom is -0.478 e. The van der Waals surface area contributed by atoms with E-state index in [9.17, 15) is 4.79 Å². The summed E-state index contributed by atoms with van der Waals surface area (Å²) in [4.78, 5) is 10.8. The first-order valence-corrected chi connectivity index (χ1v) is 6.48. The van der Waals surface area contributed by atoms with E-state index < -0.39 is 5.97 Å². The Morgan fingerprint density at radius 2 is 1.90 bits per heavy atom. The second-order valence-electron chi connectivity index (χ2n) is 4.55. The number of carboxylic acids is 1. The first-order valence-electron chi connectivity index (χ1n) is 6.48. The average molecular weight is 287 g/mol. The summed E-state index contributed by atoms with van der Waals surface area (Å²) in [5.74, 6) is 0.0614. The van der Waals surface area contributed by atoms with Crippen LogP contribution in [0.3, 0.4) is 0 Å². The molecule has 0 saturated heterocycles. The van der Waals surface area contributed by atoms with Crippen molar-refractivity contribution in [3.8, 4) is 11.5 Å². The number of aromatic carboxylic acids is 1. The molecule has 0 aliphatic heterocycles. The van der Waals surface area contributed by atoms with Crippen molar-refractivity contribution in [3.05, 3.63) is 53.6 Å². The summed E-state index contributed by atoms with van der Waals surface area (Å²) in [6.45, 7) is 0.670. The molecule has 2 aromatic rings. The minimum absolute atomic E-state index is 0.134. The van der Waals surface area contributed by atoms with Crippen LogP contribution in [0.4, 0.5) is 5.69 Å². The molecule has 110 valence electrons. The molecule has 0 radical (unpaired) electrons. The number of methoxy groups -OCH3 is 1. The Balaban J connectivity index is 2.09. The predicted octanol–water partition coefficient (Wildman–Crippen LogP) is 2.95. The molecular weight excluding hydrogens is 270 g/mol. The molecule has 0 heterocycles. The highest BCUT2D eigenvalue weighted by Crippen LogP contribution is 2.28. The number of nitrogens with two attached hydrogens (primary N) is 1. The van der Waals surface area contributed by atoms with Crippen LogP contribution in [-0.4, -0.2) is 24.8 Å². The summed E-state index contributed by atoms with van der Waals surface area (Å²) in [5, 5.41) is 8.88. The van der Waals surface area contributed by atoms with Crippen LogP contribution in [0, 0.1) is 0 Å². The molecule has 0 aliphatic carbocycles. The summed E-state index contributed by atoms with van der Waals surface area (Å²) >= 11 is 0. The minimum atomic E-state index is -1.02. The standard InChI is InChI=1S/C16H17NO4/c1-20-9-8-11-2-5-13(6-3-11)21-15-7-4-12(16(18)19)10-14(15)17/h2-7,10H,8-9,17H2,1H3,(H,18,19). The van der Waals surface area contributed by atoms with Crippen molar-refractivity contribution in [1.29, 1.82) is 0 Å². The van der Waals surface area contributed by atoms with Gasteiger partial charge < -0.3 is 20.3 Å². The zero-order valence-electron chi connectivity index (χ0n) is 11.7. The van der Waals surface area contributed by atoms with E-state index in [1.54, 1.807) is 13.2 Å². The van der Waals surface area contributed by atoms with Gasteiger partial charge in [0.05, 0.1) is 17.9 Å². The van der Waals surface area contributed by atoms with Crippen molar-refractivity contribution in [2.75, 3.05) is 19.5 Å². The third kappa shape index (κ3) is 3.97. The summed E-state index contributed by atoms with van der Waals surface area (Å²) < 4.78 is 10.7. The monoisotopic (exact) mass is 287 g/mol. The van der Waals surface area contributed by atoms with Gasteiger partial charge in [0.2, 0.25) is 0 Å². The topological polar surface area (TPSA) is 81.8 Å². The predicted molar refractivity (Wildman–Crippen MR) is 79.9 cm³/mol. The molecule has 0 aromatic heterocycles. The van der Waals surface area contributed by atoms with Gasteiger partial charge in [-0.25, -0.2) is 4.79 Å². The zero-order chi connectivity index (χ0) is 15.2. The molecule has 2 aromatic carbocycles. The van der Waals surface area contributed by atoms with Gasteiger partial charge in [-0.15, -0.1) is 0 Å². The van der Waals surface area contributed by atoms with E-state index in [2.05, 4.69) is 0 Å². The second kappa shape index (κ2) is 6.76. The molecule has 0 amide bonds. The number of hydrogen-bond acceptors (Lipinski definition) is 4. The molecule has 0 saturated carbocycles. The van der Waals surface area contributed by atoms with Crippen LogP contribution in [0.15, 0.2) is 42.5 Å². The molecule has 21 heavy (non-hydrogen) atoms. The molecule has 0 fully saturated rings. The van der Waals surface area contributed by atoms with Crippen molar-refractivity contribution in [1.82, 2.24) is 0 Å². The van der Waals surface area contributed by atoms with Crippen LogP contribution in [0.1, 0.15) is 15.9 Å². The van der Waals surface area contributed by atoms with E-state index >= 15 is 0 Å². The van der Waals surface area contributed by atoms with Gasteiger partial charge in [0.1, 0.15) is 11.5 Å². The van der Waals surface area contributed by atoms with Gasteiger partial charge in [0.15, 0.2) is 0 Å². The lowest BCUT2D eigenvalue weighted by atomic mass is 10.1. The third-order valence-electron chi connectivity index (χ3n) is 3.00. The molecule has 5 heteroatoms. The molecule has 5 nitrogen and oxygen atoms in total. The highest BCUT2D eigenvalue weighted by molar-refractivity contribution is 5.89. The number of hydrogen-bond donors (Lipinski definition) is 2. The third-order valence-corrected chi connectivity index (χ3v) is 3.00. The van der Waals surface area contributed by atoms with Crippen molar-refractivity contribution >= 4 is 11.7 Å². The normalized spacial score (nSPS) is 10.3. The fourth-order valence-corrected chi connectivity index (χ4v) is 1.85. The lowest BCUT2D eigenvalue weighted by Gasteiger charge is -2.09. The summed E-state index contributed by atoms with van der Waals surface area (Å²) in [6.07, 6.45) is 0.840. The van der Waals surface area contributed by atoms with Crippen molar-refractivity contribution in [3.63, 3.8) is 0 Å². The maximum absolute atomic E-state index is 10.8. The maximum atomic E-state index is 10.8. The Bertz CT molecular complexity index is 623. The van der Waals surface area contributed by atoms with Crippen molar-refractivity contribution < 1.29 is 19.4 Å². The average Bonchev–Trinajstić information content (AvgIpc) is 2.48. The molecule has 2 rings (SSSR count). The number of anilines is 1. The Labute approximate surface area is 122 Å². The van der Waals surface area contributed by atoms with Gasteiger partial charge in [-0.05, 0) is 42.3 Å². The highest BCUT2D eigenvalue weighted by Gasteiger charge is 2.08. The molecule has 0 spiro atoms. The second-order valence-corrected chi connectivity index (χ2v) is 4.55. The van der Waals surface area contributed by atoms with E-state index in [0.29, 0.717) is 23.8 Å². The van der Waals surface area contributed by atoms with Gasteiger partial charge >= 0.3 is 5.97 Å². The van der Waals surface area contributed by atoms with Crippen LogP contribution < -0.4 is 10.5 Å². The summed E-state index contributed by atoms with van der Waals surface area (Å²) in [6, 6.07) is 12.0. The quantitative estimate of drug-likeness (QED) is 0.798. The summed E-state index contributed by atoms with van der Waals surface area (Å²) in [5.41, 5.74) is 7.37. The first-order chi connectivity index (χ1) is 10.1. The van der Waals surface area contributed by atoms with Gasteiger partial charge in [-0.3, -0.25) is 0 Å². The lowest BCUT2D eigenvalue weighted by Crippen LogP contribution is -1.99. The van der Waals surface area contributed by atoms with Gasteiger partial charge in [0.25, 0.3) is 0 Å². The van der Waals surface area contributed by atoms with Crippen LogP contribution in [0.5, 0.6) is 11.5 Å². The number of nitrogen functional groups attached to an aromatic ring is 1.